The lowest BCUT2D eigenvalue weighted by molar-refractivity contribution is -0.133. The molecule has 1 amide bonds. The zero-order valence-electron chi connectivity index (χ0n) is 13.6. The average molecular weight is 334 g/mol. The summed E-state index contributed by atoms with van der Waals surface area (Å²) in [5.41, 5.74) is 0. The Kier molecular flexibility index (Phi) is 6.22. The second-order valence-corrected chi connectivity index (χ2v) is 7.53. The summed E-state index contributed by atoms with van der Waals surface area (Å²) in [6.07, 6.45) is 2.75. The maximum absolute atomic E-state index is 12.4. The summed E-state index contributed by atoms with van der Waals surface area (Å²) in [6, 6.07) is 10.3. The number of rotatable bonds is 5. The SMILES string of the molecule is O=C(CC1CSCCN1)N1CCC(COc2ccccc2)CC1. The van der Waals surface area contributed by atoms with Crippen LogP contribution in [0.25, 0.3) is 0 Å². The Morgan fingerprint density at radius 2 is 2.04 bits per heavy atom. The fourth-order valence-electron chi connectivity index (χ4n) is 3.17. The predicted octanol–water partition coefficient (Wildman–Crippen LogP) is 2.40. The van der Waals surface area contributed by atoms with Crippen molar-refractivity contribution in [2.75, 3.05) is 37.7 Å². The van der Waals surface area contributed by atoms with Crippen LogP contribution in [0.1, 0.15) is 19.3 Å². The molecular weight excluding hydrogens is 308 g/mol. The van der Waals surface area contributed by atoms with Crippen molar-refractivity contribution < 1.29 is 9.53 Å². The number of carbonyl (C=O) groups excluding carboxylic acids is 1. The summed E-state index contributed by atoms with van der Waals surface area (Å²) in [5, 5.41) is 3.45. The van der Waals surface area contributed by atoms with Gasteiger partial charge in [0.15, 0.2) is 0 Å². The number of hydrogen-bond acceptors (Lipinski definition) is 4. The third-order valence-corrected chi connectivity index (χ3v) is 5.75. The highest BCUT2D eigenvalue weighted by atomic mass is 32.2. The molecule has 0 saturated carbocycles. The zero-order valence-corrected chi connectivity index (χ0v) is 14.4. The molecule has 1 aromatic rings. The van der Waals surface area contributed by atoms with E-state index in [2.05, 4.69) is 5.32 Å². The monoisotopic (exact) mass is 334 g/mol. The molecule has 2 fully saturated rings. The van der Waals surface area contributed by atoms with Gasteiger partial charge in [-0.05, 0) is 30.9 Å². The number of benzene rings is 1. The number of nitrogens with zero attached hydrogens (tertiary/aromatic N) is 1. The summed E-state index contributed by atoms with van der Waals surface area (Å²) in [5.74, 6) is 4.03. The van der Waals surface area contributed by atoms with E-state index in [1.54, 1.807) is 0 Å². The molecule has 2 saturated heterocycles. The summed E-state index contributed by atoms with van der Waals surface area (Å²) < 4.78 is 5.85. The van der Waals surface area contributed by atoms with Crippen LogP contribution in [0.15, 0.2) is 30.3 Å². The van der Waals surface area contributed by atoms with E-state index in [-0.39, 0.29) is 0 Å². The van der Waals surface area contributed by atoms with E-state index < -0.39 is 0 Å². The maximum Gasteiger partial charge on any atom is 0.224 e. The molecule has 0 bridgehead atoms. The number of piperidine rings is 1. The molecule has 1 atom stereocenters. The van der Waals surface area contributed by atoms with Crippen LogP contribution in [-0.4, -0.2) is 54.6 Å². The van der Waals surface area contributed by atoms with E-state index in [4.69, 9.17) is 4.74 Å². The van der Waals surface area contributed by atoms with E-state index in [0.717, 1.165) is 56.3 Å². The molecule has 1 N–H and O–H groups in total. The lowest BCUT2D eigenvalue weighted by Gasteiger charge is -2.33. The molecule has 0 aromatic heterocycles. The number of nitrogens with one attached hydrogen (secondary N) is 1. The van der Waals surface area contributed by atoms with Crippen molar-refractivity contribution in [3.8, 4) is 5.75 Å². The van der Waals surface area contributed by atoms with Crippen LogP contribution in [0, 0.1) is 5.92 Å². The lowest BCUT2D eigenvalue weighted by Crippen LogP contribution is -2.45. The second-order valence-electron chi connectivity index (χ2n) is 6.38. The van der Waals surface area contributed by atoms with Crippen LogP contribution in [0.4, 0.5) is 0 Å². The van der Waals surface area contributed by atoms with E-state index in [9.17, 15) is 4.79 Å². The number of likely N-dealkylation sites (tertiary alicyclic amines) is 1. The van der Waals surface area contributed by atoms with Crippen LogP contribution in [0.3, 0.4) is 0 Å². The normalized spacial score (nSPS) is 22.8. The van der Waals surface area contributed by atoms with Gasteiger partial charge in [0.25, 0.3) is 0 Å². The first-order chi connectivity index (χ1) is 11.3. The number of ether oxygens (including phenoxy) is 1. The summed E-state index contributed by atoms with van der Waals surface area (Å²) in [4.78, 5) is 14.4. The highest BCUT2D eigenvalue weighted by Crippen LogP contribution is 2.20. The van der Waals surface area contributed by atoms with Gasteiger partial charge in [-0.15, -0.1) is 0 Å². The maximum atomic E-state index is 12.4. The Bertz CT molecular complexity index is 483. The summed E-state index contributed by atoms with van der Waals surface area (Å²) in [7, 11) is 0. The highest BCUT2D eigenvalue weighted by Gasteiger charge is 2.25. The molecule has 126 valence electrons. The Hall–Kier alpha value is -1.20. The molecule has 1 aromatic carbocycles. The number of thioether (sulfide) groups is 1. The minimum Gasteiger partial charge on any atom is -0.493 e. The van der Waals surface area contributed by atoms with Gasteiger partial charge in [-0.25, -0.2) is 0 Å². The third-order valence-electron chi connectivity index (χ3n) is 4.62. The first-order valence-electron chi connectivity index (χ1n) is 8.58. The van der Waals surface area contributed by atoms with Crippen molar-refractivity contribution in [2.24, 2.45) is 5.92 Å². The van der Waals surface area contributed by atoms with Crippen molar-refractivity contribution in [2.45, 2.75) is 25.3 Å². The van der Waals surface area contributed by atoms with Crippen molar-refractivity contribution in [1.29, 1.82) is 0 Å². The first-order valence-corrected chi connectivity index (χ1v) is 9.73. The Morgan fingerprint density at radius 3 is 2.74 bits per heavy atom. The zero-order chi connectivity index (χ0) is 15.9. The molecular formula is C18H26N2O2S. The fourth-order valence-corrected chi connectivity index (χ4v) is 4.12. The van der Waals surface area contributed by atoms with E-state index in [1.165, 1.54) is 0 Å². The largest absolute Gasteiger partial charge is 0.493 e. The topological polar surface area (TPSA) is 41.6 Å². The first kappa shape index (κ1) is 16.7. The van der Waals surface area contributed by atoms with Crippen LogP contribution < -0.4 is 10.1 Å². The van der Waals surface area contributed by atoms with E-state index in [0.29, 0.717) is 24.3 Å². The van der Waals surface area contributed by atoms with Crippen molar-refractivity contribution in [1.82, 2.24) is 10.2 Å². The summed E-state index contributed by atoms with van der Waals surface area (Å²) in [6.45, 7) is 3.54. The van der Waals surface area contributed by atoms with Gasteiger partial charge in [0.2, 0.25) is 5.91 Å². The van der Waals surface area contributed by atoms with Gasteiger partial charge >= 0.3 is 0 Å². The number of amides is 1. The molecule has 1 unspecified atom stereocenters. The van der Waals surface area contributed by atoms with Crippen molar-refractivity contribution in [3.63, 3.8) is 0 Å². The molecule has 3 rings (SSSR count). The van der Waals surface area contributed by atoms with Gasteiger partial charge in [0.1, 0.15) is 5.75 Å². The highest BCUT2D eigenvalue weighted by molar-refractivity contribution is 7.99. The van der Waals surface area contributed by atoms with Gasteiger partial charge < -0.3 is 15.0 Å². The molecule has 2 heterocycles. The van der Waals surface area contributed by atoms with Crippen molar-refractivity contribution in [3.05, 3.63) is 30.3 Å². The third kappa shape index (κ3) is 5.15. The summed E-state index contributed by atoms with van der Waals surface area (Å²) >= 11 is 1.95. The van der Waals surface area contributed by atoms with Crippen LogP contribution >= 0.6 is 11.8 Å². The minimum atomic E-state index is 0.312. The Labute approximate surface area is 143 Å². The molecule has 2 aliphatic rings. The molecule has 5 heteroatoms. The molecule has 0 aliphatic carbocycles. The van der Waals surface area contributed by atoms with Crippen molar-refractivity contribution >= 4 is 17.7 Å². The fraction of sp³-hybridized carbons (Fsp3) is 0.611. The lowest BCUT2D eigenvalue weighted by atomic mass is 9.97. The Balaban J connectivity index is 1.37. The number of carbonyl (C=O) groups is 1. The minimum absolute atomic E-state index is 0.312. The average Bonchev–Trinajstić information content (AvgIpc) is 2.62. The molecule has 0 spiro atoms. The molecule has 23 heavy (non-hydrogen) atoms. The predicted molar refractivity (Wildman–Crippen MR) is 95.0 cm³/mol. The van der Waals surface area contributed by atoms with E-state index in [1.807, 2.05) is 47.0 Å². The smallest absolute Gasteiger partial charge is 0.224 e. The standard InChI is InChI=1S/C18H26N2O2S/c21-18(12-16-14-23-11-8-19-16)20-9-6-15(7-10-20)13-22-17-4-2-1-3-5-17/h1-5,15-16,19H,6-14H2. The van der Waals surface area contributed by atoms with Gasteiger partial charge in [-0.3, -0.25) is 4.79 Å². The van der Waals surface area contributed by atoms with Gasteiger partial charge in [-0.2, -0.15) is 11.8 Å². The van der Waals surface area contributed by atoms with Gasteiger partial charge in [0.05, 0.1) is 6.61 Å². The van der Waals surface area contributed by atoms with E-state index >= 15 is 0 Å². The van der Waals surface area contributed by atoms with Crippen LogP contribution in [0.5, 0.6) is 5.75 Å². The van der Waals surface area contributed by atoms with Gasteiger partial charge in [-0.1, -0.05) is 18.2 Å². The second kappa shape index (κ2) is 8.60. The number of para-hydroxylation sites is 1. The van der Waals surface area contributed by atoms with Gasteiger partial charge in [0, 0.05) is 43.6 Å². The van der Waals surface area contributed by atoms with Crippen LogP contribution in [0.2, 0.25) is 0 Å². The molecule has 0 radical (unpaired) electrons. The Morgan fingerprint density at radius 1 is 1.26 bits per heavy atom. The molecule has 2 aliphatic heterocycles. The molecule has 4 nitrogen and oxygen atoms in total. The van der Waals surface area contributed by atoms with Crippen LogP contribution in [-0.2, 0) is 4.79 Å². The quantitative estimate of drug-likeness (QED) is 0.898. The number of hydrogen-bond donors (Lipinski definition) is 1.